The van der Waals surface area contributed by atoms with E-state index in [2.05, 4.69) is 38.7 Å². The van der Waals surface area contributed by atoms with Gasteiger partial charge in [0.15, 0.2) is 0 Å². The van der Waals surface area contributed by atoms with Crippen LogP contribution in [0, 0.1) is 22.2 Å². The van der Waals surface area contributed by atoms with Crippen molar-refractivity contribution < 1.29 is 0 Å². The molecule has 0 saturated heterocycles. The first kappa shape index (κ1) is 12.7. The van der Waals surface area contributed by atoms with Crippen LogP contribution in [0.3, 0.4) is 0 Å². The maximum Gasteiger partial charge on any atom is 0.0304 e. The number of nitrogens with one attached hydrogen (secondary N) is 1. The number of likely N-dealkylation sites (N-methyl/N-ethyl adjacent to an activating group) is 1. The Balaban J connectivity index is 1.95. The van der Waals surface area contributed by atoms with Gasteiger partial charge in [0.05, 0.1) is 0 Å². The van der Waals surface area contributed by atoms with Crippen molar-refractivity contribution in [2.24, 2.45) is 22.2 Å². The standard InChI is InChI=1S/C17H29N/c1-5-14(18-6-2)17-9-13-7-15(3,11-17)10-16(4,8-13)12-17/h5,13-14,18H,1,6-12H2,2-4H3. The van der Waals surface area contributed by atoms with Crippen molar-refractivity contribution in [3.05, 3.63) is 12.7 Å². The third-order valence-corrected chi connectivity index (χ3v) is 5.99. The van der Waals surface area contributed by atoms with Gasteiger partial charge < -0.3 is 5.32 Å². The Morgan fingerprint density at radius 2 is 1.78 bits per heavy atom. The molecule has 1 nitrogen and oxygen atoms in total. The fourth-order valence-electron chi connectivity index (χ4n) is 6.65. The second-order valence-corrected chi connectivity index (χ2v) is 8.26. The lowest BCUT2D eigenvalue weighted by atomic mass is 9.39. The number of hydrogen-bond acceptors (Lipinski definition) is 1. The zero-order valence-electron chi connectivity index (χ0n) is 12.4. The van der Waals surface area contributed by atoms with Gasteiger partial charge in [-0.05, 0) is 67.2 Å². The summed E-state index contributed by atoms with van der Waals surface area (Å²) in [6, 6.07) is 0.532. The van der Waals surface area contributed by atoms with Crippen molar-refractivity contribution >= 4 is 0 Å². The topological polar surface area (TPSA) is 12.0 Å². The predicted octanol–water partition coefficient (Wildman–Crippen LogP) is 4.15. The predicted molar refractivity (Wildman–Crippen MR) is 77.5 cm³/mol. The molecule has 18 heavy (non-hydrogen) atoms. The molecule has 4 aliphatic rings. The van der Waals surface area contributed by atoms with Gasteiger partial charge in [-0.3, -0.25) is 0 Å². The van der Waals surface area contributed by atoms with Crippen LogP contribution in [0.15, 0.2) is 12.7 Å². The number of hydrogen-bond donors (Lipinski definition) is 1. The summed E-state index contributed by atoms with van der Waals surface area (Å²) in [4.78, 5) is 0. The molecule has 0 aromatic heterocycles. The van der Waals surface area contributed by atoms with Crippen molar-refractivity contribution in [3.63, 3.8) is 0 Å². The highest BCUT2D eigenvalue weighted by molar-refractivity contribution is 5.16. The van der Waals surface area contributed by atoms with Crippen LogP contribution in [0.2, 0.25) is 0 Å². The van der Waals surface area contributed by atoms with E-state index in [-0.39, 0.29) is 0 Å². The van der Waals surface area contributed by atoms with Gasteiger partial charge in [-0.25, -0.2) is 0 Å². The molecule has 0 radical (unpaired) electrons. The first-order chi connectivity index (χ1) is 8.43. The monoisotopic (exact) mass is 247 g/mol. The molecular weight excluding hydrogens is 218 g/mol. The Hall–Kier alpha value is -0.300. The van der Waals surface area contributed by atoms with Gasteiger partial charge in [0.25, 0.3) is 0 Å². The Morgan fingerprint density at radius 3 is 2.22 bits per heavy atom. The third-order valence-electron chi connectivity index (χ3n) is 5.99. The molecule has 4 saturated carbocycles. The third kappa shape index (κ3) is 1.78. The highest BCUT2D eigenvalue weighted by Gasteiger charge is 2.61. The highest BCUT2D eigenvalue weighted by atomic mass is 14.9. The van der Waals surface area contributed by atoms with Gasteiger partial charge in [0.1, 0.15) is 0 Å². The largest absolute Gasteiger partial charge is 0.310 e. The summed E-state index contributed by atoms with van der Waals surface area (Å²) in [5, 5.41) is 3.71. The molecule has 4 rings (SSSR count). The molecule has 102 valence electrons. The maximum atomic E-state index is 4.12. The van der Waals surface area contributed by atoms with Gasteiger partial charge in [0.2, 0.25) is 0 Å². The minimum atomic E-state index is 0.515. The molecule has 0 aromatic rings. The molecule has 0 heterocycles. The minimum absolute atomic E-state index is 0.515. The van der Waals surface area contributed by atoms with E-state index in [1.54, 1.807) is 0 Å². The molecule has 0 spiro atoms. The van der Waals surface area contributed by atoms with Gasteiger partial charge >= 0.3 is 0 Å². The Morgan fingerprint density at radius 1 is 1.17 bits per heavy atom. The van der Waals surface area contributed by atoms with Crippen LogP contribution < -0.4 is 5.32 Å². The summed E-state index contributed by atoms with van der Waals surface area (Å²) in [7, 11) is 0. The maximum absolute atomic E-state index is 4.12. The van der Waals surface area contributed by atoms with E-state index in [9.17, 15) is 0 Å². The van der Waals surface area contributed by atoms with Crippen molar-refractivity contribution in [3.8, 4) is 0 Å². The Kier molecular flexibility index (Phi) is 2.72. The molecule has 4 bridgehead atoms. The average Bonchev–Trinajstić information content (AvgIpc) is 2.20. The van der Waals surface area contributed by atoms with Crippen LogP contribution in [0.25, 0.3) is 0 Å². The zero-order valence-corrected chi connectivity index (χ0v) is 12.4. The average molecular weight is 247 g/mol. The fraction of sp³-hybridized carbons (Fsp3) is 0.882. The SMILES string of the molecule is C=CC(NCC)C12CC3CC(C)(CC(C)(C3)C1)C2. The lowest BCUT2D eigenvalue weighted by Gasteiger charge is -2.67. The summed E-state index contributed by atoms with van der Waals surface area (Å²) in [6.07, 6.45) is 10.9. The van der Waals surface area contributed by atoms with E-state index in [1.165, 1.54) is 38.5 Å². The fourth-order valence-corrected chi connectivity index (χ4v) is 6.65. The van der Waals surface area contributed by atoms with E-state index >= 15 is 0 Å². The van der Waals surface area contributed by atoms with Crippen LogP contribution in [0.1, 0.15) is 59.3 Å². The molecule has 1 N–H and O–H groups in total. The van der Waals surface area contributed by atoms with Crippen molar-refractivity contribution in [1.29, 1.82) is 0 Å². The van der Waals surface area contributed by atoms with E-state index in [1.807, 2.05) is 0 Å². The Labute approximate surface area is 112 Å². The summed E-state index contributed by atoms with van der Waals surface area (Å²) in [6.45, 7) is 12.5. The van der Waals surface area contributed by atoms with E-state index in [4.69, 9.17) is 0 Å². The lowest BCUT2D eigenvalue weighted by Crippen LogP contribution is -2.60. The minimum Gasteiger partial charge on any atom is -0.310 e. The molecule has 4 fully saturated rings. The highest BCUT2D eigenvalue weighted by Crippen LogP contribution is 2.70. The molecule has 0 aliphatic heterocycles. The van der Waals surface area contributed by atoms with Crippen LogP contribution in [0.4, 0.5) is 0 Å². The van der Waals surface area contributed by atoms with E-state index in [0.29, 0.717) is 22.3 Å². The van der Waals surface area contributed by atoms with E-state index < -0.39 is 0 Å². The molecule has 0 aromatic carbocycles. The molecule has 0 amide bonds. The van der Waals surface area contributed by atoms with Crippen LogP contribution in [0.5, 0.6) is 0 Å². The first-order valence-electron chi connectivity index (χ1n) is 7.79. The van der Waals surface area contributed by atoms with Gasteiger partial charge in [-0.1, -0.05) is 26.8 Å². The van der Waals surface area contributed by atoms with Crippen LogP contribution >= 0.6 is 0 Å². The second-order valence-electron chi connectivity index (χ2n) is 8.26. The second kappa shape index (κ2) is 3.85. The summed E-state index contributed by atoms with van der Waals surface area (Å²) < 4.78 is 0. The summed E-state index contributed by atoms with van der Waals surface area (Å²) >= 11 is 0. The van der Waals surface area contributed by atoms with Gasteiger partial charge in [0, 0.05) is 6.04 Å². The molecule has 3 atom stereocenters. The lowest BCUT2D eigenvalue weighted by molar-refractivity contribution is -0.152. The zero-order chi connectivity index (χ0) is 13.0. The van der Waals surface area contributed by atoms with Crippen LogP contribution in [-0.4, -0.2) is 12.6 Å². The van der Waals surface area contributed by atoms with E-state index in [0.717, 1.165) is 12.5 Å². The van der Waals surface area contributed by atoms with Gasteiger partial charge in [-0.15, -0.1) is 6.58 Å². The normalized spacial score (nSPS) is 51.4. The summed E-state index contributed by atoms with van der Waals surface area (Å²) in [5.41, 5.74) is 1.75. The molecule has 3 unspecified atom stereocenters. The van der Waals surface area contributed by atoms with Crippen molar-refractivity contribution in [2.45, 2.75) is 65.3 Å². The van der Waals surface area contributed by atoms with Gasteiger partial charge in [-0.2, -0.15) is 0 Å². The molecule has 4 aliphatic carbocycles. The molecular formula is C17H29N. The smallest absolute Gasteiger partial charge is 0.0304 e. The quantitative estimate of drug-likeness (QED) is 0.736. The van der Waals surface area contributed by atoms with Crippen molar-refractivity contribution in [1.82, 2.24) is 5.32 Å². The van der Waals surface area contributed by atoms with Crippen LogP contribution in [-0.2, 0) is 0 Å². The first-order valence-corrected chi connectivity index (χ1v) is 7.79. The number of rotatable bonds is 4. The molecule has 1 heteroatoms. The van der Waals surface area contributed by atoms with Crippen molar-refractivity contribution in [2.75, 3.05) is 6.54 Å². The summed E-state index contributed by atoms with van der Waals surface area (Å²) in [5.74, 6) is 0.984. The Bertz CT molecular complexity index is 341.